The van der Waals surface area contributed by atoms with Gasteiger partial charge in [-0.1, -0.05) is 0 Å². The van der Waals surface area contributed by atoms with Crippen molar-refractivity contribution in [3.63, 3.8) is 0 Å². The van der Waals surface area contributed by atoms with E-state index < -0.39 is 6.30 Å². The molecule has 0 saturated carbocycles. The summed E-state index contributed by atoms with van der Waals surface area (Å²) in [6.45, 7) is 0. The molecule has 0 aliphatic carbocycles. The summed E-state index contributed by atoms with van der Waals surface area (Å²) in [5.74, 6) is 0. The fraction of sp³-hybridized carbons (Fsp3) is 1.00. The molecule has 6 heteroatoms. The zero-order chi connectivity index (χ0) is 5.21. The number of nitrogens with zero attached hydrogens (tertiary/aromatic N) is 1. The third-order valence-corrected chi connectivity index (χ3v) is 0.311. The van der Waals surface area contributed by atoms with Gasteiger partial charge in [0.1, 0.15) is 0 Å². The molecule has 0 aromatic carbocycles. The van der Waals surface area contributed by atoms with Gasteiger partial charge in [0, 0.05) is 12.4 Å². The largest absolute Gasteiger partial charge is 2.00 e. The van der Waals surface area contributed by atoms with Gasteiger partial charge in [0.15, 0.2) is 0 Å². The van der Waals surface area contributed by atoms with Crippen molar-refractivity contribution >= 4 is 35.5 Å². The van der Waals surface area contributed by atoms with E-state index in [-0.39, 0.29) is 25.9 Å². The van der Waals surface area contributed by atoms with Crippen LogP contribution in [0.4, 0.5) is 13.2 Å². The maximum atomic E-state index is 10.5. The Morgan fingerprint density at radius 3 is 1.57 bits per heavy atom. The van der Waals surface area contributed by atoms with Gasteiger partial charge in [0.25, 0.3) is 0 Å². The second kappa shape index (κ2) is 3.56. The third kappa shape index (κ3) is 10.8. The summed E-state index contributed by atoms with van der Waals surface area (Å²) in [7, 11) is 0. The summed E-state index contributed by atoms with van der Waals surface area (Å²) >= 11 is 3.29. The van der Waals surface area contributed by atoms with Gasteiger partial charge >= 0.3 is 29.4 Å². The van der Waals surface area contributed by atoms with Gasteiger partial charge in [-0.25, -0.2) is 0 Å². The van der Waals surface area contributed by atoms with Crippen molar-refractivity contribution in [3.8, 4) is 0 Å². The summed E-state index contributed by atoms with van der Waals surface area (Å²) in [6.07, 6.45) is -4.52. The van der Waals surface area contributed by atoms with Crippen LogP contribution >= 0.6 is 0 Å². The monoisotopic (exact) mass is 141 g/mol. The molecule has 0 heterocycles. The molecule has 0 aromatic heterocycles. The van der Waals surface area contributed by atoms with E-state index in [0.29, 0.717) is 0 Å². The van der Waals surface area contributed by atoms with Crippen LogP contribution in [0, 0.1) is 0 Å². The molecule has 0 aliphatic heterocycles. The average molecular weight is 141 g/mol. The van der Waals surface area contributed by atoms with Crippen molar-refractivity contribution in [2.24, 2.45) is 4.36 Å². The molecular weight excluding hydrogens is 139 g/mol. The van der Waals surface area contributed by atoms with Gasteiger partial charge < -0.3 is 2.85 Å². The fourth-order valence-corrected chi connectivity index (χ4v) is 0. The summed E-state index contributed by atoms with van der Waals surface area (Å²) in [5, 5.41) is 0. The molecule has 0 amide bonds. The molecule has 0 unspecified atom stereocenters. The molecule has 0 saturated heterocycles. The smallest absolute Gasteiger partial charge is 1.00 e. The quantitative estimate of drug-likeness (QED) is 0.363. The minimum absolute atomic E-state index is 0. The van der Waals surface area contributed by atoms with Crippen molar-refractivity contribution in [1.29, 1.82) is 0 Å². The topological polar surface area (TPSA) is 12.4 Å². The molecule has 0 aliphatic rings. The normalized spacial score (nSPS) is 9.57. The third-order valence-electron chi connectivity index (χ3n) is 0.104. The standard InChI is InChI=1S/CF3NS.Mg.2H/c2-1(3,4)5-6;;;/q;+2;2*-1. The van der Waals surface area contributed by atoms with Crippen LogP contribution in [0.2, 0.25) is 0 Å². The molecule has 0 bridgehead atoms. The first-order chi connectivity index (χ1) is 2.56. The minimum Gasteiger partial charge on any atom is -1.00 e. The summed E-state index contributed by atoms with van der Waals surface area (Å²) in [4.78, 5) is 0. The number of hydrogen-bond donors (Lipinski definition) is 0. The molecule has 0 spiro atoms. The Hall–Kier alpha value is 0.576. The van der Waals surface area contributed by atoms with Gasteiger partial charge in [-0.3, -0.25) is 0 Å². The van der Waals surface area contributed by atoms with Crippen molar-refractivity contribution < 1.29 is 16.0 Å². The van der Waals surface area contributed by atoms with E-state index >= 15 is 0 Å². The molecule has 0 atom stereocenters. The first kappa shape index (κ1) is 10.5. The average Bonchev–Trinajstić information content (AvgIpc) is 1.35. The molecule has 0 N–H and O–H groups in total. The molecule has 0 rings (SSSR count). The van der Waals surface area contributed by atoms with Crippen LogP contribution in [0.5, 0.6) is 0 Å². The van der Waals surface area contributed by atoms with Gasteiger partial charge in [-0.2, -0.15) is 0 Å². The van der Waals surface area contributed by atoms with E-state index in [0.717, 1.165) is 0 Å². The maximum absolute atomic E-state index is 10.5. The Bertz CT molecular complexity index is 67.3. The maximum Gasteiger partial charge on any atom is 2.00 e. The Kier molecular flexibility index (Phi) is 5.36. The first-order valence-corrected chi connectivity index (χ1v) is 1.34. The molecule has 40 valence electrons. The summed E-state index contributed by atoms with van der Waals surface area (Å²) in [6, 6.07) is 0. The van der Waals surface area contributed by atoms with Crippen LogP contribution in [0.3, 0.4) is 0 Å². The second-order valence-electron chi connectivity index (χ2n) is 0.559. The fourth-order valence-electron chi connectivity index (χ4n) is 0. The van der Waals surface area contributed by atoms with Crippen molar-refractivity contribution in [3.05, 3.63) is 0 Å². The van der Waals surface area contributed by atoms with Gasteiger partial charge in [0.2, 0.25) is 0 Å². The van der Waals surface area contributed by atoms with Crippen LogP contribution in [0.1, 0.15) is 2.85 Å². The summed E-state index contributed by atoms with van der Waals surface area (Å²) in [5.41, 5.74) is 0. The van der Waals surface area contributed by atoms with Crippen molar-refractivity contribution in [2.75, 3.05) is 0 Å². The Morgan fingerprint density at radius 1 is 1.43 bits per heavy atom. The first-order valence-electron chi connectivity index (χ1n) is 0.973. The van der Waals surface area contributed by atoms with E-state index in [1.807, 2.05) is 0 Å². The molecule has 7 heavy (non-hydrogen) atoms. The van der Waals surface area contributed by atoms with Crippen molar-refractivity contribution in [2.45, 2.75) is 6.30 Å². The Balaban J connectivity index is -0.0000000417. The zero-order valence-electron chi connectivity index (χ0n) is 5.20. The van der Waals surface area contributed by atoms with Gasteiger partial charge in [-0.15, -0.1) is 17.5 Å². The van der Waals surface area contributed by atoms with E-state index in [9.17, 15) is 13.2 Å². The number of rotatable bonds is 0. The Labute approximate surface area is 62.6 Å². The second-order valence-corrected chi connectivity index (χ2v) is 0.742. The number of alkyl halides is 3. The Morgan fingerprint density at radius 2 is 1.57 bits per heavy atom. The van der Waals surface area contributed by atoms with Gasteiger partial charge in [0.05, 0.1) is 0 Å². The van der Waals surface area contributed by atoms with E-state index in [2.05, 4.69) is 12.4 Å². The predicted octanol–water partition coefficient (Wildman–Crippen LogP) is 1.08. The van der Waals surface area contributed by atoms with Gasteiger partial charge in [-0.05, 0) is 0 Å². The SMILES string of the molecule is FC(F)(F)N=S.[H-].[H-].[Mg+2]. The van der Waals surface area contributed by atoms with Crippen LogP contribution in [-0.4, -0.2) is 29.4 Å². The van der Waals surface area contributed by atoms with E-state index in [1.54, 1.807) is 4.36 Å². The van der Waals surface area contributed by atoms with Crippen molar-refractivity contribution in [1.82, 2.24) is 0 Å². The molecule has 0 radical (unpaired) electrons. The summed E-state index contributed by atoms with van der Waals surface area (Å²) < 4.78 is 33.1. The zero-order valence-corrected chi connectivity index (χ0v) is 5.43. The van der Waals surface area contributed by atoms with E-state index in [4.69, 9.17) is 0 Å². The number of halogens is 3. The molecular formula is CH2F3MgNS. The minimum atomic E-state index is -4.52. The van der Waals surface area contributed by atoms with Crippen LogP contribution in [0.15, 0.2) is 4.36 Å². The van der Waals surface area contributed by atoms with Crippen LogP contribution < -0.4 is 0 Å². The number of hydrogen-bond acceptors (Lipinski definition) is 2. The molecule has 1 nitrogen and oxygen atoms in total. The van der Waals surface area contributed by atoms with Crippen LogP contribution in [0.25, 0.3) is 0 Å². The van der Waals surface area contributed by atoms with Crippen LogP contribution in [-0.2, 0) is 12.4 Å². The predicted molar refractivity (Wildman–Crippen MR) is 23.8 cm³/mol. The molecule has 0 aromatic rings. The molecule has 0 fully saturated rings. The van der Waals surface area contributed by atoms with E-state index in [1.165, 1.54) is 0 Å².